The molecule has 4 rings (SSSR count). The third kappa shape index (κ3) is 3.45. The molecule has 0 radical (unpaired) electrons. The number of ether oxygens (including phenoxy) is 1. The van der Waals surface area contributed by atoms with Crippen molar-refractivity contribution >= 4 is 28.4 Å². The highest BCUT2D eigenvalue weighted by molar-refractivity contribution is 5.93. The van der Waals surface area contributed by atoms with Gasteiger partial charge in [0.1, 0.15) is 5.82 Å². The first-order chi connectivity index (χ1) is 12.9. The van der Waals surface area contributed by atoms with Crippen LogP contribution in [-0.4, -0.2) is 29.0 Å². The Kier molecular flexibility index (Phi) is 4.22. The van der Waals surface area contributed by atoms with Crippen LogP contribution in [0, 0.1) is 0 Å². The van der Waals surface area contributed by atoms with Crippen molar-refractivity contribution in [3.8, 4) is 0 Å². The zero-order valence-electron chi connectivity index (χ0n) is 14.6. The first-order valence-corrected chi connectivity index (χ1v) is 8.53. The van der Waals surface area contributed by atoms with Gasteiger partial charge in [0, 0.05) is 30.6 Å². The topological polar surface area (TPSA) is 64.1 Å². The molecule has 1 aromatic carbocycles. The molecule has 7 heteroatoms. The van der Waals surface area contributed by atoms with Crippen LogP contribution in [0.1, 0.15) is 34.7 Å². The van der Waals surface area contributed by atoms with Crippen LogP contribution in [-0.2, 0) is 4.74 Å². The number of pyridine rings is 2. The largest absolute Gasteiger partial charge is 0.465 e. The summed E-state index contributed by atoms with van der Waals surface area (Å²) in [5.74, 6) is -2.59. The van der Waals surface area contributed by atoms with Crippen LogP contribution in [0.15, 0.2) is 48.8 Å². The van der Waals surface area contributed by atoms with E-state index in [1.807, 2.05) is 18.2 Å². The number of fused-ring (bicyclic) bond motifs is 1. The fourth-order valence-corrected chi connectivity index (χ4v) is 3.27. The van der Waals surface area contributed by atoms with Crippen molar-refractivity contribution in [2.75, 3.05) is 12.4 Å². The van der Waals surface area contributed by atoms with E-state index < -0.39 is 11.9 Å². The van der Waals surface area contributed by atoms with Crippen LogP contribution in [0.3, 0.4) is 0 Å². The molecule has 0 bridgehead atoms. The third-order valence-corrected chi connectivity index (χ3v) is 4.77. The first kappa shape index (κ1) is 17.3. The number of carbonyl (C=O) groups excluding carboxylic acids is 1. The lowest BCUT2D eigenvalue weighted by molar-refractivity contribution is -0.0867. The summed E-state index contributed by atoms with van der Waals surface area (Å²) in [5, 5.41) is 4.04. The maximum atomic E-state index is 13.2. The molecule has 2 heterocycles. The summed E-state index contributed by atoms with van der Waals surface area (Å²) in [7, 11) is 1.31. The van der Waals surface area contributed by atoms with Crippen molar-refractivity contribution in [3.63, 3.8) is 0 Å². The molecule has 1 aliphatic carbocycles. The zero-order chi connectivity index (χ0) is 19.0. The summed E-state index contributed by atoms with van der Waals surface area (Å²) in [6.45, 7) is 0. The molecular formula is C20H17F2N3O2. The molecule has 1 fully saturated rings. The minimum atomic E-state index is -2.55. The van der Waals surface area contributed by atoms with E-state index in [1.165, 1.54) is 13.3 Å². The molecule has 3 aromatic rings. The Morgan fingerprint density at radius 2 is 2.00 bits per heavy atom. The highest BCUT2D eigenvalue weighted by atomic mass is 19.3. The van der Waals surface area contributed by atoms with Crippen LogP contribution >= 0.6 is 0 Å². The van der Waals surface area contributed by atoms with Gasteiger partial charge in [0.25, 0.3) is 0 Å². The van der Waals surface area contributed by atoms with Crippen molar-refractivity contribution in [2.45, 2.75) is 24.7 Å². The predicted molar refractivity (Wildman–Crippen MR) is 97.5 cm³/mol. The number of rotatable bonds is 4. The van der Waals surface area contributed by atoms with Gasteiger partial charge in [-0.3, -0.25) is 4.98 Å². The van der Waals surface area contributed by atoms with Crippen LogP contribution in [0.2, 0.25) is 0 Å². The van der Waals surface area contributed by atoms with E-state index in [0.29, 0.717) is 11.4 Å². The normalized spacial score (nSPS) is 16.0. The summed E-state index contributed by atoms with van der Waals surface area (Å²) >= 11 is 0. The van der Waals surface area contributed by atoms with Gasteiger partial charge in [-0.1, -0.05) is 6.07 Å². The van der Waals surface area contributed by atoms with Crippen molar-refractivity contribution in [3.05, 3.63) is 59.9 Å². The van der Waals surface area contributed by atoms with Crippen molar-refractivity contribution in [1.82, 2.24) is 9.97 Å². The van der Waals surface area contributed by atoms with Crippen molar-refractivity contribution in [1.29, 1.82) is 0 Å². The lowest BCUT2D eigenvalue weighted by Gasteiger charge is -2.35. The average molecular weight is 369 g/mol. The van der Waals surface area contributed by atoms with Gasteiger partial charge in [0.2, 0.25) is 5.92 Å². The van der Waals surface area contributed by atoms with Crippen LogP contribution in [0.4, 0.5) is 20.3 Å². The minimum Gasteiger partial charge on any atom is -0.465 e. The quantitative estimate of drug-likeness (QED) is 0.677. The number of nitrogens with zero attached hydrogens (tertiary/aromatic N) is 2. The Morgan fingerprint density at radius 3 is 2.67 bits per heavy atom. The number of benzene rings is 1. The molecule has 27 heavy (non-hydrogen) atoms. The number of aromatic nitrogens is 2. The molecule has 1 N–H and O–H groups in total. The van der Waals surface area contributed by atoms with E-state index in [2.05, 4.69) is 20.0 Å². The second-order valence-corrected chi connectivity index (χ2v) is 6.64. The molecule has 0 unspecified atom stereocenters. The van der Waals surface area contributed by atoms with Crippen LogP contribution in [0.25, 0.3) is 10.9 Å². The number of anilines is 2. The predicted octanol–water partition coefficient (Wildman–Crippen LogP) is 4.67. The number of halogens is 2. The SMILES string of the molecule is COC(=O)c1ccc(Nc2ccnc3ccc(C4CC(F)(F)C4)cc23)nc1. The fraction of sp³-hybridized carbons (Fsp3) is 0.250. The molecule has 1 aliphatic rings. The van der Waals surface area contributed by atoms with Crippen LogP contribution < -0.4 is 5.32 Å². The van der Waals surface area contributed by atoms with E-state index in [4.69, 9.17) is 0 Å². The fourth-order valence-electron chi connectivity index (χ4n) is 3.27. The summed E-state index contributed by atoms with van der Waals surface area (Å²) < 4.78 is 31.1. The smallest absolute Gasteiger partial charge is 0.339 e. The number of alkyl halides is 2. The molecule has 5 nitrogen and oxygen atoms in total. The van der Waals surface area contributed by atoms with E-state index in [1.54, 1.807) is 24.4 Å². The summed E-state index contributed by atoms with van der Waals surface area (Å²) in [6, 6.07) is 10.7. The Morgan fingerprint density at radius 1 is 1.19 bits per heavy atom. The maximum Gasteiger partial charge on any atom is 0.339 e. The van der Waals surface area contributed by atoms with E-state index in [9.17, 15) is 13.6 Å². The number of nitrogens with one attached hydrogen (secondary N) is 1. The molecular weight excluding hydrogens is 352 g/mol. The molecule has 0 spiro atoms. The molecule has 0 amide bonds. The van der Waals surface area contributed by atoms with E-state index in [0.717, 1.165) is 22.2 Å². The van der Waals surface area contributed by atoms with Crippen molar-refractivity contribution in [2.24, 2.45) is 0 Å². The summed E-state index contributed by atoms with van der Waals surface area (Å²) in [4.78, 5) is 20.1. The second-order valence-electron chi connectivity index (χ2n) is 6.64. The molecule has 2 aromatic heterocycles. The minimum absolute atomic E-state index is 0.113. The highest BCUT2D eigenvalue weighted by Crippen LogP contribution is 2.48. The Bertz CT molecular complexity index is 998. The third-order valence-electron chi connectivity index (χ3n) is 4.77. The number of hydrogen-bond donors (Lipinski definition) is 1. The Hall–Kier alpha value is -3.09. The monoisotopic (exact) mass is 369 g/mol. The van der Waals surface area contributed by atoms with E-state index in [-0.39, 0.29) is 18.8 Å². The van der Waals surface area contributed by atoms with Gasteiger partial charge in [-0.25, -0.2) is 18.6 Å². The highest BCUT2D eigenvalue weighted by Gasteiger charge is 2.45. The Labute approximate surface area is 154 Å². The Balaban J connectivity index is 1.62. The van der Waals surface area contributed by atoms with Gasteiger partial charge >= 0.3 is 5.97 Å². The zero-order valence-corrected chi connectivity index (χ0v) is 14.6. The molecule has 0 saturated heterocycles. The van der Waals surface area contributed by atoms with Gasteiger partial charge in [-0.2, -0.15) is 0 Å². The van der Waals surface area contributed by atoms with Gasteiger partial charge in [0.15, 0.2) is 0 Å². The number of esters is 1. The summed E-state index contributed by atoms with van der Waals surface area (Å²) in [6.07, 6.45) is 2.88. The summed E-state index contributed by atoms with van der Waals surface area (Å²) in [5.41, 5.74) is 2.78. The van der Waals surface area contributed by atoms with Gasteiger partial charge < -0.3 is 10.1 Å². The average Bonchev–Trinajstić information content (AvgIpc) is 2.66. The lowest BCUT2D eigenvalue weighted by atomic mass is 9.76. The van der Waals surface area contributed by atoms with Gasteiger partial charge in [0.05, 0.1) is 23.9 Å². The number of hydrogen-bond acceptors (Lipinski definition) is 5. The molecule has 138 valence electrons. The van der Waals surface area contributed by atoms with Gasteiger partial charge in [-0.05, 0) is 41.8 Å². The molecule has 0 aliphatic heterocycles. The standard InChI is InChI=1S/C20H17F2N3O2/c1-27-19(26)13-3-5-18(24-11-13)25-17-6-7-23-16-4-2-12(8-15(16)17)14-9-20(21,22)10-14/h2-8,11,14H,9-10H2,1H3,(H,23,24,25). The second kappa shape index (κ2) is 6.57. The van der Waals surface area contributed by atoms with E-state index >= 15 is 0 Å². The maximum absolute atomic E-state index is 13.2. The first-order valence-electron chi connectivity index (χ1n) is 8.53. The molecule has 0 atom stereocenters. The number of methoxy groups -OCH3 is 1. The molecule has 1 saturated carbocycles. The van der Waals surface area contributed by atoms with Crippen molar-refractivity contribution < 1.29 is 18.3 Å². The lowest BCUT2D eigenvalue weighted by Crippen LogP contribution is -2.33. The van der Waals surface area contributed by atoms with Crippen LogP contribution in [0.5, 0.6) is 0 Å². The van der Waals surface area contributed by atoms with Gasteiger partial charge in [-0.15, -0.1) is 0 Å². The number of carbonyl (C=O) groups is 1.